The van der Waals surface area contributed by atoms with E-state index < -0.39 is 0 Å². The molecule has 3 N–H and O–H groups in total. The van der Waals surface area contributed by atoms with Crippen molar-refractivity contribution in [3.63, 3.8) is 0 Å². The molecule has 0 aliphatic carbocycles. The summed E-state index contributed by atoms with van der Waals surface area (Å²) in [6.45, 7) is 3.93. The van der Waals surface area contributed by atoms with Gasteiger partial charge in [-0.25, -0.2) is 0 Å². The summed E-state index contributed by atoms with van der Waals surface area (Å²) in [7, 11) is 0. The molecule has 0 bridgehead atoms. The molecule has 2 rings (SSSR count). The highest BCUT2D eigenvalue weighted by Crippen LogP contribution is 2.08. The van der Waals surface area contributed by atoms with E-state index in [1.54, 1.807) is 6.20 Å². The number of aromatic amines is 1. The van der Waals surface area contributed by atoms with Gasteiger partial charge in [0.25, 0.3) is 5.91 Å². The maximum atomic E-state index is 11.8. The largest absolute Gasteiger partial charge is 0.367 e. The van der Waals surface area contributed by atoms with Crippen LogP contribution in [0.2, 0.25) is 0 Å². The van der Waals surface area contributed by atoms with Crippen LogP contribution in [0.25, 0.3) is 0 Å². The van der Waals surface area contributed by atoms with Crippen LogP contribution in [0.5, 0.6) is 0 Å². The number of carbonyl (C=O) groups excluding carboxylic acids is 1. The van der Waals surface area contributed by atoms with E-state index in [9.17, 15) is 4.79 Å². The lowest BCUT2D eigenvalue weighted by Crippen LogP contribution is -2.42. The highest BCUT2D eigenvalue weighted by Gasteiger charge is 2.17. The van der Waals surface area contributed by atoms with E-state index >= 15 is 0 Å². The number of carbonyl (C=O) groups is 1. The first-order chi connectivity index (χ1) is 7.27. The number of aryl methyl sites for hydroxylation is 1. The van der Waals surface area contributed by atoms with Crippen molar-refractivity contribution < 1.29 is 4.79 Å². The lowest BCUT2D eigenvalue weighted by molar-refractivity contribution is 0.0929. The molecule has 0 atom stereocenters. The molecule has 0 spiro atoms. The number of H-pyrrole nitrogens is 1. The van der Waals surface area contributed by atoms with Gasteiger partial charge < -0.3 is 15.6 Å². The van der Waals surface area contributed by atoms with Crippen LogP contribution in [0.1, 0.15) is 28.8 Å². The number of hydrogen-bond donors (Lipinski definition) is 3. The van der Waals surface area contributed by atoms with Crippen molar-refractivity contribution in [1.82, 2.24) is 15.6 Å². The molecule has 1 aromatic heterocycles. The summed E-state index contributed by atoms with van der Waals surface area (Å²) < 4.78 is 0. The molecule has 1 amide bonds. The van der Waals surface area contributed by atoms with Gasteiger partial charge in [0.2, 0.25) is 0 Å². The summed E-state index contributed by atoms with van der Waals surface area (Å²) in [6, 6.07) is 0.327. The van der Waals surface area contributed by atoms with Crippen LogP contribution in [0, 0.1) is 6.92 Å². The molecule has 82 valence electrons. The van der Waals surface area contributed by atoms with Crippen molar-refractivity contribution >= 4 is 5.91 Å². The molecule has 1 aliphatic rings. The minimum absolute atomic E-state index is 0.0423. The first-order valence-corrected chi connectivity index (χ1v) is 5.42. The van der Waals surface area contributed by atoms with Gasteiger partial charge in [0.05, 0.1) is 5.56 Å². The van der Waals surface area contributed by atoms with Crippen molar-refractivity contribution in [1.29, 1.82) is 0 Å². The van der Waals surface area contributed by atoms with Gasteiger partial charge in [0, 0.05) is 18.4 Å². The van der Waals surface area contributed by atoms with Gasteiger partial charge in [-0.3, -0.25) is 4.79 Å². The summed E-state index contributed by atoms with van der Waals surface area (Å²) in [5.74, 6) is 0.0423. The van der Waals surface area contributed by atoms with Crippen LogP contribution < -0.4 is 10.6 Å². The SMILES string of the molecule is Cc1c[nH]cc1C(=O)NC1CCNCC1. The van der Waals surface area contributed by atoms with E-state index in [2.05, 4.69) is 15.6 Å². The molecule has 1 fully saturated rings. The molecule has 0 radical (unpaired) electrons. The standard InChI is InChI=1S/C11H17N3O/c1-8-6-13-7-10(8)11(15)14-9-2-4-12-5-3-9/h6-7,9,12-13H,2-5H2,1H3,(H,14,15). The van der Waals surface area contributed by atoms with E-state index in [0.29, 0.717) is 6.04 Å². The topological polar surface area (TPSA) is 56.9 Å². The second-order valence-corrected chi connectivity index (χ2v) is 4.05. The summed E-state index contributed by atoms with van der Waals surface area (Å²) in [4.78, 5) is 14.8. The quantitative estimate of drug-likeness (QED) is 0.672. The third kappa shape index (κ3) is 2.39. The summed E-state index contributed by atoms with van der Waals surface area (Å²) >= 11 is 0. The van der Waals surface area contributed by atoms with Gasteiger partial charge in [-0.2, -0.15) is 0 Å². The zero-order valence-electron chi connectivity index (χ0n) is 8.97. The molecule has 4 heteroatoms. The zero-order chi connectivity index (χ0) is 10.7. The van der Waals surface area contributed by atoms with Crippen LogP contribution in [0.15, 0.2) is 12.4 Å². The minimum Gasteiger partial charge on any atom is -0.367 e. The fourth-order valence-electron chi connectivity index (χ4n) is 1.92. The second kappa shape index (κ2) is 4.49. The molecular formula is C11H17N3O. The Balaban J connectivity index is 1.94. The number of amides is 1. The van der Waals surface area contributed by atoms with E-state index in [1.807, 2.05) is 13.1 Å². The molecule has 1 saturated heterocycles. The van der Waals surface area contributed by atoms with Gasteiger partial charge in [0.1, 0.15) is 0 Å². The monoisotopic (exact) mass is 207 g/mol. The predicted octanol–water partition coefficient (Wildman–Crippen LogP) is 0.805. The average Bonchev–Trinajstić information content (AvgIpc) is 2.66. The first-order valence-electron chi connectivity index (χ1n) is 5.42. The van der Waals surface area contributed by atoms with Crippen LogP contribution in [0.4, 0.5) is 0 Å². The van der Waals surface area contributed by atoms with Crippen molar-refractivity contribution in [2.75, 3.05) is 13.1 Å². The minimum atomic E-state index is 0.0423. The number of rotatable bonds is 2. The lowest BCUT2D eigenvalue weighted by atomic mass is 10.1. The van der Waals surface area contributed by atoms with E-state index in [4.69, 9.17) is 0 Å². The maximum absolute atomic E-state index is 11.8. The Morgan fingerprint density at radius 3 is 2.73 bits per heavy atom. The van der Waals surface area contributed by atoms with E-state index in [1.165, 1.54) is 0 Å². The third-order valence-electron chi connectivity index (χ3n) is 2.87. The first kappa shape index (κ1) is 10.2. The Bertz CT molecular complexity index is 339. The number of hydrogen-bond acceptors (Lipinski definition) is 2. The summed E-state index contributed by atoms with van der Waals surface area (Å²) in [6.07, 6.45) is 5.65. The molecule has 0 unspecified atom stereocenters. The molecule has 0 aromatic carbocycles. The number of aromatic nitrogens is 1. The Hall–Kier alpha value is -1.29. The van der Waals surface area contributed by atoms with Crippen LogP contribution in [0.3, 0.4) is 0 Å². The van der Waals surface area contributed by atoms with Crippen molar-refractivity contribution in [3.8, 4) is 0 Å². The molecule has 0 saturated carbocycles. The number of piperidine rings is 1. The van der Waals surface area contributed by atoms with Gasteiger partial charge >= 0.3 is 0 Å². The highest BCUT2D eigenvalue weighted by molar-refractivity contribution is 5.95. The molecule has 2 heterocycles. The van der Waals surface area contributed by atoms with Crippen LogP contribution in [-0.4, -0.2) is 30.0 Å². The molecule has 1 aromatic rings. The highest BCUT2D eigenvalue weighted by atomic mass is 16.1. The van der Waals surface area contributed by atoms with Crippen molar-refractivity contribution in [2.24, 2.45) is 0 Å². The Labute approximate surface area is 89.5 Å². The average molecular weight is 207 g/mol. The van der Waals surface area contributed by atoms with Gasteiger partial charge in [0.15, 0.2) is 0 Å². The third-order valence-corrected chi connectivity index (χ3v) is 2.87. The molecule has 15 heavy (non-hydrogen) atoms. The smallest absolute Gasteiger partial charge is 0.253 e. The van der Waals surface area contributed by atoms with Gasteiger partial charge in [-0.15, -0.1) is 0 Å². The molecular weight excluding hydrogens is 190 g/mol. The lowest BCUT2D eigenvalue weighted by Gasteiger charge is -2.23. The van der Waals surface area contributed by atoms with Crippen LogP contribution >= 0.6 is 0 Å². The van der Waals surface area contributed by atoms with E-state index in [0.717, 1.165) is 37.1 Å². The molecule has 1 aliphatic heterocycles. The van der Waals surface area contributed by atoms with Crippen molar-refractivity contribution in [2.45, 2.75) is 25.8 Å². The van der Waals surface area contributed by atoms with Crippen molar-refractivity contribution in [3.05, 3.63) is 23.5 Å². The fraction of sp³-hybridized carbons (Fsp3) is 0.545. The Kier molecular flexibility index (Phi) is 3.06. The summed E-state index contributed by atoms with van der Waals surface area (Å²) in [5, 5.41) is 6.34. The molecule has 4 nitrogen and oxygen atoms in total. The summed E-state index contributed by atoms with van der Waals surface area (Å²) in [5.41, 5.74) is 1.76. The second-order valence-electron chi connectivity index (χ2n) is 4.05. The Morgan fingerprint density at radius 1 is 1.40 bits per heavy atom. The normalized spacial score (nSPS) is 17.7. The Morgan fingerprint density at radius 2 is 2.13 bits per heavy atom. The maximum Gasteiger partial charge on any atom is 0.253 e. The number of nitrogens with one attached hydrogen (secondary N) is 3. The van der Waals surface area contributed by atoms with Gasteiger partial charge in [-0.05, 0) is 38.4 Å². The van der Waals surface area contributed by atoms with Crippen LogP contribution in [-0.2, 0) is 0 Å². The predicted molar refractivity (Wildman–Crippen MR) is 58.9 cm³/mol. The zero-order valence-corrected chi connectivity index (χ0v) is 8.97. The van der Waals surface area contributed by atoms with Gasteiger partial charge in [-0.1, -0.05) is 0 Å². The van der Waals surface area contributed by atoms with E-state index in [-0.39, 0.29) is 5.91 Å². The fourth-order valence-corrected chi connectivity index (χ4v) is 1.92.